The molecule has 0 saturated carbocycles. The maximum Gasteiger partial charge on any atom is 0.160 e. The molecule has 0 saturated heterocycles. The van der Waals surface area contributed by atoms with Crippen molar-refractivity contribution in [2.24, 2.45) is 0 Å². The summed E-state index contributed by atoms with van der Waals surface area (Å²) in [4.78, 5) is 0. The van der Waals surface area contributed by atoms with Crippen molar-refractivity contribution in [3.8, 4) is 16.8 Å². The van der Waals surface area contributed by atoms with Crippen LogP contribution in [0.3, 0.4) is 0 Å². The Kier molecular flexibility index (Phi) is 4.24. The summed E-state index contributed by atoms with van der Waals surface area (Å²) in [6.07, 6.45) is 0. The smallest absolute Gasteiger partial charge is 0.160 e. The van der Waals surface area contributed by atoms with Gasteiger partial charge in [-0.1, -0.05) is 91.0 Å². The van der Waals surface area contributed by atoms with Gasteiger partial charge in [0, 0.05) is 47.4 Å². The van der Waals surface area contributed by atoms with Crippen molar-refractivity contribution in [1.29, 1.82) is 0 Å². The first-order valence-corrected chi connectivity index (χ1v) is 14.0. The average Bonchev–Trinajstić information content (AvgIpc) is 3.67. The molecule has 0 N–H and O–H groups in total. The highest BCUT2D eigenvalue weighted by molar-refractivity contribution is 7.26. The van der Waals surface area contributed by atoms with E-state index in [0.29, 0.717) is 0 Å². The Bertz CT molecular complexity index is 2380. The quantitative estimate of drug-likeness (QED) is 0.224. The Hall–Kier alpha value is -4.86. The highest BCUT2D eigenvalue weighted by Crippen LogP contribution is 2.42. The van der Waals surface area contributed by atoms with Gasteiger partial charge in [0.25, 0.3) is 0 Å². The SMILES string of the molecule is c1ccc2c(c1)oc1c2ccc2c3ccccc3n(-c3ccc(-c4cccc5c4sc4ccccc45)cc3)c21. The zero-order valence-electron chi connectivity index (χ0n) is 20.9. The van der Waals surface area contributed by atoms with Crippen molar-refractivity contribution < 1.29 is 4.42 Å². The van der Waals surface area contributed by atoms with Crippen LogP contribution in [0.25, 0.3) is 80.7 Å². The van der Waals surface area contributed by atoms with Gasteiger partial charge in [-0.3, -0.25) is 0 Å². The van der Waals surface area contributed by atoms with E-state index >= 15 is 0 Å². The lowest BCUT2D eigenvalue weighted by molar-refractivity contribution is 0.671. The first-order chi connectivity index (χ1) is 19.3. The normalized spacial score (nSPS) is 12.1. The molecule has 0 spiro atoms. The number of hydrogen-bond acceptors (Lipinski definition) is 2. The zero-order valence-corrected chi connectivity index (χ0v) is 21.7. The standard InChI is InChI=1S/C36H21NOS/c1-4-13-31-25(8-1)28-20-21-29-26-9-2-5-14-32(26)38-35(29)34(28)37(31)23-18-16-22(17-19-23)24-11-7-12-30-27-10-3-6-15-33(27)39-36(24)30/h1-21H. The van der Waals surface area contributed by atoms with Crippen molar-refractivity contribution in [3.63, 3.8) is 0 Å². The van der Waals surface area contributed by atoms with Gasteiger partial charge in [-0.05, 0) is 47.5 Å². The first kappa shape index (κ1) is 21.1. The van der Waals surface area contributed by atoms with Crippen molar-refractivity contribution in [2.75, 3.05) is 0 Å². The van der Waals surface area contributed by atoms with Crippen LogP contribution in [-0.2, 0) is 0 Å². The van der Waals surface area contributed by atoms with Crippen molar-refractivity contribution in [3.05, 3.63) is 127 Å². The third kappa shape index (κ3) is 2.91. The Morgan fingerprint density at radius 1 is 0.513 bits per heavy atom. The van der Waals surface area contributed by atoms with Crippen molar-refractivity contribution in [2.45, 2.75) is 0 Å². The minimum absolute atomic E-state index is 0.920. The number of aromatic nitrogens is 1. The van der Waals surface area contributed by atoms with Crippen LogP contribution in [0.1, 0.15) is 0 Å². The molecule has 0 radical (unpaired) electrons. The predicted molar refractivity (Wildman–Crippen MR) is 166 cm³/mol. The monoisotopic (exact) mass is 515 g/mol. The Morgan fingerprint density at radius 3 is 2.13 bits per heavy atom. The first-order valence-electron chi connectivity index (χ1n) is 13.2. The molecule has 3 heteroatoms. The molecule has 0 aliphatic heterocycles. The van der Waals surface area contributed by atoms with Crippen LogP contribution in [-0.4, -0.2) is 4.57 Å². The number of thiophene rings is 1. The minimum atomic E-state index is 0.920. The van der Waals surface area contributed by atoms with Crippen LogP contribution in [0.15, 0.2) is 132 Å². The molecule has 0 amide bonds. The molecule has 9 aromatic rings. The topological polar surface area (TPSA) is 18.1 Å². The molecule has 3 heterocycles. The molecule has 0 fully saturated rings. The largest absolute Gasteiger partial charge is 0.454 e. The Morgan fingerprint density at radius 2 is 1.23 bits per heavy atom. The maximum absolute atomic E-state index is 6.51. The third-order valence-corrected chi connectivity index (χ3v) is 9.24. The van der Waals surface area contributed by atoms with Crippen LogP contribution in [0.4, 0.5) is 0 Å². The fourth-order valence-corrected chi connectivity index (χ4v) is 7.50. The number of rotatable bonds is 2. The van der Waals surface area contributed by atoms with Gasteiger partial charge in [0.05, 0.1) is 11.0 Å². The van der Waals surface area contributed by atoms with E-state index in [-0.39, 0.29) is 0 Å². The summed E-state index contributed by atoms with van der Waals surface area (Å²) in [5, 5.41) is 7.39. The fourth-order valence-electron chi connectivity index (χ4n) is 6.26. The highest BCUT2D eigenvalue weighted by Gasteiger charge is 2.19. The van der Waals surface area contributed by atoms with Crippen LogP contribution in [0.5, 0.6) is 0 Å². The number of para-hydroxylation sites is 2. The van der Waals surface area contributed by atoms with Gasteiger partial charge in [0.1, 0.15) is 5.58 Å². The summed E-state index contributed by atoms with van der Waals surface area (Å²) < 4.78 is 11.5. The molecule has 6 aromatic carbocycles. The summed E-state index contributed by atoms with van der Waals surface area (Å²) >= 11 is 1.87. The van der Waals surface area contributed by atoms with E-state index in [4.69, 9.17) is 4.42 Å². The zero-order chi connectivity index (χ0) is 25.5. The van der Waals surface area contributed by atoms with Crippen LogP contribution in [0, 0.1) is 0 Å². The van der Waals surface area contributed by atoms with E-state index in [1.165, 1.54) is 47.6 Å². The summed E-state index contributed by atoms with van der Waals surface area (Å²) in [7, 11) is 0. The van der Waals surface area contributed by atoms with Crippen LogP contribution < -0.4 is 0 Å². The van der Waals surface area contributed by atoms with E-state index in [2.05, 4.69) is 126 Å². The molecule has 182 valence electrons. The number of hydrogen-bond donors (Lipinski definition) is 0. The van der Waals surface area contributed by atoms with Gasteiger partial charge < -0.3 is 8.98 Å². The number of benzene rings is 6. The van der Waals surface area contributed by atoms with Gasteiger partial charge in [0.15, 0.2) is 5.58 Å². The summed E-state index contributed by atoms with van der Waals surface area (Å²) in [6.45, 7) is 0. The molecular weight excluding hydrogens is 494 g/mol. The van der Waals surface area contributed by atoms with Crippen molar-refractivity contribution in [1.82, 2.24) is 4.57 Å². The van der Waals surface area contributed by atoms with Crippen molar-refractivity contribution >= 4 is 75.3 Å². The predicted octanol–water partition coefficient (Wildman–Crippen LogP) is 10.7. The number of fused-ring (bicyclic) bond motifs is 10. The lowest BCUT2D eigenvalue weighted by Crippen LogP contribution is -1.94. The molecular formula is C36H21NOS. The van der Waals surface area contributed by atoms with E-state index in [0.717, 1.165) is 33.1 Å². The second kappa shape index (κ2) is 7.83. The highest BCUT2D eigenvalue weighted by atomic mass is 32.1. The van der Waals surface area contributed by atoms with Crippen LogP contribution >= 0.6 is 11.3 Å². The summed E-state index contributed by atoms with van der Waals surface area (Å²) in [6, 6.07) is 45.7. The number of nitrogens with zero attached hydrogens (tertiary/aromatic N) is 1. The van der Waals surface area contributed by atoms with Gasteiger partial charge in [-0.15, -0.1) is 11.3 Å². The Balaban J connectivity index is 1.30. The van der Waals surface area contributed by atoms with E-state index in [1.54, 1.807) is 0 Å². The molecule has 2 nitrogen and oxygen atoms in total. The molecule has 0 atom stereocenters. The minimum Gasteiger partial charge on any atom is -0.454 e. The Labute approximate surface area is 227 Å². The molecule has 0 bridgehead atoms. The second-order valence-corrected chi connectivity index (χ2v) is 11.2. The second-order valence-electron chi connectivity index (χ2n) is 10.1. The van der Waals surface area contributed by atoms with E-state index in [1.807, 2.05) is 17.4 Å². The van der Waals surface area contributed by atoms with Gasteiger partial charge >= 0.3 is 0 Å². The third-order valence-electron chi connectivity index (χ3n) is 8.02. The summed E-state index contributed by atoms with van der Waals surface area (Å²) in [5.41, 5.74) is 7.78. The molecule has 0 aliphatic carbocycles. The lowest BCUT2D eigenvalue weighted by atomic mass is 10.0. The number of furan rings is 1. The summed E-state index contributed by atoms with van der Waals surface area (Å²) in [5.74, 6) is 0. The molecule has 9 rings (SSSR count). The van der Waals surface area contributed by atoms with E-state index < -0.39 is 0 Å². The van der Waals surface area contributed by atoms with E-state index in [9.17, 15) is 0 Å². The lowest BCUT2D eigenvalue weighted by Gasteiger charge is -2.10. The maximum atomic E-state index is 6.51. The van der Waals surface area contributed by atoms with Gasteiger partial charge in [0.2, 0.25) is 0 Å². The molecule has 3 aromatic heterocycles. The van der Waals surface area contributed by atoms with Gasteiger partial charge in [-0.2, -0.15) is 0 Å². The fraction of sp³-hybridized carbons (Fsp3) is 0. The van der Waals surface area contributed by atoms with Gasteiger partial charge in [-0.25, -0.2) is 0 Å². The molecule has 0 aliphatic rings. The van der Waals surface area contributed by atoms with Crippen LogP contribution in [0.2, 0.25) is 0 Å². The molecule has 39 heavy (non-hydrogen) atoms. The molecule has 0 unspecified atom stereocenters. The average molecular weight is 516 g/mol.